The first kappa shape index (κ1) is 12.9. The topological polar surface area (TPSA) is 20.3 Å². The molecular formula is C14H21NO. The smallest absolute Gasteiger partial charge is 0.164 e. The van der Waals surface area contributed by atoms with Gasteiger partial charge in [0.15, 0.2) is 5.78 Å². The van der Waals surface area contributed by atoms with E-state index in [1.165, 1.54) is 5.56 Å². The zero-order valence-corrected chi connectivity index (χ0v) is 10.7. The Kier molecular flexibility index (Phi) is 4.69. The minimum Gasteiger partial charge on any atom is -0.309 e. The van der Waals surface area contributed by atoms with Gasteiger partial charge in [0, 0.05) is 18.5 Å². The lowest BCUT2D eigenvalue weighted by molar-refractivity contribution is 0.0972. The van der Waals surface area contributed by atoms with Crippen LogP contribution in [0.4, 0.5) is 0 Å². The summed E-state index contributed by atoms with van der Waals surface area (Å²) < 4.78 is 0. The van der Waals surface area contributed by atoms with E-state index in [2.05, 4.69) is 13.8 Å². The lowest BCUT2D eigenvalue weighted by Crippen LogP contribution is -2.16. The number of carbonyl (C=O) groups excluding carboxylic acids is 1. The van der Waals surface area contributed by atoms with Crippen molar-refractivity contribution in [2.45, 2.75) is 26.2 Å². The van der Waals surface area contributed by atoms with Gasteiger partial charge in [0.25, 0.3) is 0 Å². The molecule has 0 aliphatic carbocycles. The van der Waals surface area contributed by atoms with Crippen LogP contribution in [0.15, 0.2) is 24.3 Å². The van der Waals surface area contributed by atoms with Crippen LogP contribution in [0, 0.1) is 0 Å². The summed E-state index contributed by atoms with van der Waals surface area (Å²) >= 11 is 0. The normalized spacial score (nSPS) is 11.1. The van der Waals surface area contributed by atoms with E-state index in [0.29, 0.717) is 12.3 Å². The second kappa shape index (κ2) is 5.80. The number of nitrogens with zero attached hydrogens (tertiary/aromatic N) is 1. The van der Waals surface area contributed by atoms with Crippen molar-refractivity contribution in [2.75, 3.05) is 20.6 Å². The quantitative estimate of drug-likeness (QED) is 0.710. The molecule has 2 nitrogen and oxygen atoms in total. The van der Waals surface area contributed by atoms with E-state index in [0.717, 1.165) is 12.1 Å². The molecular weight excluding hydrogens is 198 g/mol. The minimum atomic E-state index is 0.226. The van der Waals surface area contributed by atoms with Gasteiger partial charge in [-0.2, -0.15) is 0 Å². The van der Waals surface area contributed by atoms with Gasteiger partial charge in [-0.1, -0.05) is 38.1 Å². The molecule has 0 spiro atoms. The van der Waals surface area contributed by atoms with Gasteiger partial charge >= 0.3 is 0 Å². The highest BCUT2D eigenvalue weighted by Gasteiger charge is 2.06. The third-order valence-corrected chi connectivity index (χ3v) is 2.69. The summed E-state index contributed by atoms with van der Waals surface area (Å²) in [5, 5.41) is 0. The fourth-order valence-corrected chi connectivity index (χ4v) is 1.52. The molecule has 0 radical (unpaired) electrons. The SMILES string of the molecule is CC(C)c1ccc(C(=O)CCN(C)C)cc1. The lowest BCUT2D eigenvalue weighted by atomic mass is 10.00. The van der Waals surface area contributed by atoms with Crippen molar-refractivity contribution in [3.63, 3.8) is 0 Å². The Morgan fingerprint density at radius 2 is 1.75 bits per heavy atom. The maximum Gasteiger partial charge on any atom is 0.164 e. The van der Waals surface area contributed by atoms with Crippen LogP contribution in [-0.4, -0.2) is 31.3 Å². The van der Waals surface area contributed by atoms with Crippen LogP contribution in [0.2, 0.25) is 0 Å². The second-order valence-electron chi connectivity index (χ2n) is 4.75. The summed E-state index contributed by atoms with van der Waals surface area (Å²) in [6, 6.07) is 7.97. The van der Waals surface area contributed by atoms with Gasteiger partial charge < -0.3 is 4.90 Å². The highest BCUT2D eigenvalue weighted by atomic mass is 16.1. The van der Waals surface area contributed by atoms with E-state index in [-0.39, 0.29) is 5.78 Å². The minimum absolute atomic E-state index is 0.226. The summed E-state index contributed by atoms with van der Waals surface area (Å²) in [6.45, 7) is 5.12. The molecule has 1 rings (SSSR count). The molecule has 0 amide bonds. The van der Waals surface area contributed by atoms with Crippen molar-refractivity contribution < 1.29 is 4.79 Å². The largest absolute Gasteiger partial charge is 0.309 e. The van der Waals surface area contributed by atoms with Crippen LogP contribution in [0.25, 0.3) is 0 Å². The van der Waals surface area contributed by atoms with E-state index < -0.39 is 0 Å². The van der Waals surface area contributed by atoms with Crippen molar-refractivity contribution in [2.24, 2.45) is 0 Å². The average molecular weight is 219 g/mol. The molecule has 0 saturated heterocycles. The summed E-state index contributed by atoms with van der Waals surface area (Å²) in [5.74, 6) is 0.745. The Morgan fingerprint density at radius 3 is 2.19 bits per heavy atom. The Labute approximate surface area is 98.3 Å². The van der Waals surface area contributed by atoms with Crippen LogP contribution in [0.1, 0.15) is 42.1 Å². The molecule has 0 aliphatic heterocycles. The van der Waals surface area contributed by atoms with Gasteiger partial charge in [-0.05, 0) is 25.6 Å². The predicted molar refractivity (Wildman–Crippen MR) is 68.0 cm³/mol. The van der Waals surface area contributed by atoms with E-state index in [1.54, 1.807) is 0 Å². The highest BCUT2D eigenvalue weighted by Crippen LogP contribution is 2.15. The molecule has 0 heterocycles. The Hall–Kier alpha value is -1.15. The Morgan fingerprint density at radius 1 is 1.19 bits per heavy atom. The van der Waals surface area contributed by atoms with E-state index >= 15 is 0 Å². The van der Waals surface area contributed by atoms with Gasteiger partial charge in [-0.3, -0.25) is 4.79 Å². The first-order valence-corrected chi connectivity index (χ1v) is 5.78. The lowest BCUT2D eigenvalue weighted by Gasteiger charge is -2.09. The van der Waals surface area contributed by atoms with Gasteiger partial charge in [-0.15, -0.1) is 0 Å². The molecule has 2 heteroatoms. The molecule has 0 unspecified atom stereocenters. The number of benzene rings is 1. The Balaban J connectivity index is 2.63. The summed E-state index contributed by atoms with van der Waals surface area (Å²) in [5.41, 5.74) is 2.11. The summed E-state index contributed by atoms with van der Waals surface area (Å²) in [6.07, 6.45) is 0.591. The van der Waals surface area contributed by atoms with Crippen LogP contribution >= 0.6 is 0 Å². The molecule has 0 aromatic heterocycles. The van der Waals surface area contributed by atoms with Gasteiger partial charge in [0.2, 0.25) is 0 Å². The molecule has 0 bridgehead atoms. The summed E-state index contributed by atoms with van der Waals surface area (Å²) in [4.78, 5) is 13.8. The van der Waals surface area contributed by atoms with Crippen molar-refractivity contribution in [3.8, 4) is 0 Å². The number of Topliss-reactive ketones (excluding diaryl/α,β-unsaturated/α-hetero) is 1. The van der Waals surface area contributed by atoms with Gasteiger partial charge in [0.05, 0.1) is 0 Å². The molecule has 0 atom stereocenters. The van der Waals surface area contributed by atoms with Crippen molar-refractivity contribution in [1.29, 1.82) is 0 Å². The second-order valence-corrected chi connectivity index (χ2v) is 4.75. The number of rotatable bonds is 5. The highest BCUT2D eigenvalue weighted by molar-refractivity contribution is 5.96. The third-order valence-electron chi connectivity index (χ3n) is 2.69. The molecule has 1 aromatic rings. The molecule has 0 saturated carbocycles. The number of hydrogen-bond donors (Lipinski definition) is 0. The standard InChI is InChI=1S/C14H21NO/c1-11(2)12-5-7-13(8-6-12)14(16)9-10-15(3)4/h5-8,11H,9-10H2,1-4H3. The van der Waals surface area contributed by atoms with E-state index in [9.17, 15) is 4.79 Å². The fraction of sp³-hybridized carbons (Fsp3) is 0.500. The average Bonchev–Trinajstić information content (AvgIpc) is 2.26. The summed E-state index contributed by atoms with van der Waals surface area (Å²) in [7, 11) is 3.96. The maximum atomic E-state index is 11.8. The third kappa shape index (κ3) is 3.78. The van der Waals surface area contributed by atoms with Gasteiger partial charge in [0.1, 0.15) is 0 Å². The first-order valence-electron chi connectivity index (χ1n) is 5.78. The molecule has 1 aromatic carbocycles. The van der Waals surface area contributed by atoms with Crippen LogP contribution < -0.4 is 0 Å². The molecule has 0 aliphatic rings. The zero-order chi connectivity index (χ0) is 12.1. The number of ketones is 1. The van der Waals surface area contributed by atoms with Crippen molar-refractivity contribution >= 4 is 5.78 Å². The monoisotopic (exact) mass is 219 g/mol. The maximum absolute atomic E-state index is 11.8. The van der Waals surface area contributed by atoms with E-state index in [4.69, 9.17) is 0 Å². The molecule has 88 valence electrons. The number of carbonyl (C=O) groups is 1. The van der Waals surface area contributed by atoms with E-state index in [1.807, 2.05) is 43.3 Å². The van der Waals surface area contributed by atoms with Crippen molar-refractivity contribution in [3.05, 3.63) is 35.4 Å². The fourth-order valence-electron chi connectivity index (χ4n) is 1.52. The van der Waals surface area contributed by atoms with Crippen LogP contribution in [-0.2, 0) is 0 Å². The first-order chi connectivity index (χ1) is 7.50. The molecule has 16 heavy (non-hydrogen) atoms. The predicted octanol–water partition coefficient (Wildman–Crippen LogP) is 2.94. The van der Waals surface area contributed by atoms with Crippen LogP contribution in [0.3, 0.4) is 0 Å². The van der Waals surface area contributed by atoms with Crippen molar-refractivity contribution in [1.82, 2.24) is 4.90 Å². The molecule has 0 fully saturated rings. The molecule has 0 N–H and O–H groups in total. The van der Waals surface area contributed by atoms with Gasteiger partial charge in [-0.25, -0.2) is 0 Å². The zero-order valence-electron chi connectivity index (χ0n) is 10.7. The van der Waals surface area contributed by atoms with Crippen LogP contribution in [0.5, 0.6) is 0 Å². The Bertz CT molecular complexity index is 338. The number of hydrogen-bond acceptors (Lipinski definition) is 2.